The highest BCUT2D eigenvalue weighted by Crippen LogP contribution is 2.42. The normalized spacial score (nSPS) is 27.2. The molecule has 2 heterocycles. The van der Waals surface area contributed by atoms with Crippen molar-refractivity contribution < 1.29 is 0 Å². The number of nitrogens with one attached hydrogen (secondary N) is 1. The summed E-state index contributed by atoms with van der Waals surface area (Å²) in [7, 11) is 0. The van der Waals surface area contributed by atoms with Gasteiger partial charge < -0.3 is 10.6 Å². The Morgan fingerprint density at radius 1 is 1.35 bits per heavy atom. The fraction of sp³-hybridized carbons (Fsp3) is 0.462. The fourth-order valence-corrected chi connectivity index (χ4v) is 3.47. The molecule has 1 aliphatic heterocycles. The predicted molar refractivity (Wildman–Crippen MR) is 69.0 cm³/mol. The van der Waals surface area contributed by atoms with Crippen molar-refractivity contribution in [2.45, 2.75) is 25.3 Å². The van der Waals surface area contributed by atoms with Crippen LogP contribution >= 0.6 is 0 Å². The number of anilines is 2. The molecule has 2 atom stereocenters. The van der Waals surface area contributed by atoms with E-state index in [2.05, 4.69) is 21.2 Å². The van der Waals surface area contributed by atoms with E-state index in [0.29, 0.717) is 6.04 Å². The van der Waals surface area contributed by atoms with E-state index in [0.717, 1.165) is 22.5 Å². The molecule has 3 N–H and O–H groups in total. The second kappa shape index (κ2) is 3.15. The number of fused-ring (bicyclic) bond motifs is 3. The maximum atomic E-state index is 6.17. The van der Waals surface area contributed by atoms with Crippen LogP contribution in [0.5, 0.6) is 0 Å². The van der Waals surface area contributed by atoms with Gasteiger partial charge in [-0.2, -0.15) is 5.10 Å². The van der Waals surface area contributed by atoms with Gasteiger partial charge in [0.2, 0.25) is 0 Å². The first-order valence-electron chi connectivity index (χ1n) is 6.30. The number of hydrogen-bond donors (Lipinski definition) is 2. The van der Waals surface area contributed by atoms with Crippen molar-refractivity contribution >= 4 is 22.3 Å². The average molecular weight is 228 g/mol. The Morgan fingerprint density at radius 3 is 3.06 bits per heavy atom. The maximum absolute atomic E-state index is 6.17. The van der Waals surface area contributed by atoms with Gasteiger partial charge in [0.1, 0.15) is 0 Å². The van der Waals surface area contributed by atoms with Crippen LogP contribution in [-0.4, -0.2) is 22.8 Å². The summed E-state index contributed by atoms with van der Waals surface area (Å²) in [6, 6.07) is 4.89. The molecule has 2 unspecified atom stereocenters. The Hall–Kier alpha value is -1.71. The summed E-state index contributed by atoms with van der Waals surface area (Å²) in [5, 5.41) is 8.17. The molecule has 2 bridgehead atoms. The topological polar surface area (TPSA) is 57.9 Å². The first-order chi connectivity index (χ1) is 8.31. The molecule has 0 radical (unpaired) electrons. The van der Waals surface area contributed by atoms with Gasteiger partial charge in [-0.25, -0.2) is 0 Å². The van der Waals surface area contributed by atoms with E-state index in [1.807, 2.05) is 12.3 Å². The van der Waals surface area contributed by atoms with E-state index in [4.69, 9.17) is 5.73 Å². The van der Waals surface area contributed by atoms with Crippen molar-refractivity contribution in [3.63, 3.8) is 0 Å². The number of nitrogens with two attached hydrogens (primary N) is 1. The zero-order valence-electron chi connectivity index (χ0n) is 9.69. The Labute approximate surface area is 99.8 Å². The quantitative estimate of drug-likeness (QED) is 0.735. The summed E-state index contributed by atoms with van der Waals surface area (Å²) < 4.78 is 0. The predicted octanol–water partition coefficient (Wildman–Crippen LogP) is 2.13. The number of nitrogen functional groups attached to an aromatic ring is 1. The first kappa shape index (κ1) is 9.33. The van der Waals surface area contributed by atoms with E-state index in [1.54, 1.807) is 0 Å². The number of H-pyrrole nitrogens is 1. The Bertz CT molecular complexity index is 574. The third kappa shape index (κ3) is 1.27. The molecule has 1 aliphatic carbocycles. The van der Waals surface area contributed by atoms with Gasteiger partial charge in [-0.1, -0.05) is 0 Å². The highest BCUT2D eigenvalue weighted by molar-refractivity contribution is 5.89. The van der Waals surface area contributed by atoms with Gasteiger partial charge in [-0.05, 0) is 37.3 Å². The summed E-state index contributed by atoms with van der Waals surface area (Å²) in [6.07, 6.45) is 5.89. The molecule has 4 rings (SSSR count). The highest BCUT2D eigenvalue weighted by atomic mass is 15.2. The summed E-state index contributed by atoms with van der Waals surface area (Å²) in [5.41, 5.74) is 9.32. The monoisotopic (exact) mass is 228 g/mol. The summed E-state index contributed by atoms with van der Waals surface area (Å²) >= 11 is 0. The Morgan fingerprint density at radius 2 is 2.29 bits per heavy atom. The van der Waals surface area contributed by atoms with Crippen LogP contribution in [0.2, 0.25) is 0 Å². The number of nitrogens with zero attached hydrogens (tertiary/aromatic N) is 2. The van der Waals surface area contributed by atoms with E-state index >= 15 is 0 Å². The zero-order chi connectivity index (χ0) is 11.4. The molecule has 4 nitrogen and oxygen atoms in total. The van der Waals surface area contributed by atoms with Crippen molar-refractivity contribution in [2.24, 2.45) is 5.92 Å². The zero-order valence-corrected chi connectivity index (χ0v) is 9.69. The van der Waals surface area contributed by atoms with Crippen LogP contribution in [0.15, 0.2) is 18.3 Å². The lowest BCUT2D eigenvalue weighted by Crippen LogP contribution is -2.32. The number of aromatic nitrogens is 2. The smallest absolute Gasteiger partial charge is 0.0672 e. The number of piperidine rings is 1. The van der Waals surface area contributed by atoms with Gasteiger partial charge >= 0.3 is 0 Å². The van der Waals surface area contributed by atoms with Crippen LogP contribution in [-0.2, 0) is 0 Å². The molecular weight excluding hydrogens is 212 g/mol. The molecule has 2 aliphatic rings. The molecule has 2 aromatic rings. The van der Waals surface area contributed by atoms with Crippen molar-refractivity contribution in [1.29, 1.82) is 0 Å². The SMILES string of the molecule is Nc1cc2cn[nH]c2cc1N1CC2CCC1C2. The molecular formula is C13H16N4. The fourth-order valence-electron chi connectivity index (χ4n) is 3.47. The minimum absolute atomic E-state index is 0.711. The van der Waals surface area contributed by atoms with Crippen LogP contribution < -0.4 is 10.6 Å². The number of benzene rings is 1. The maximum Gasteiger partial charge on any atom is 0.0672 e. The molecule has 2 fully saturated rings. The molecule has 1 aromatic carbocycles. The summed E-state index contributed by atoms with van der Waals surface area (Å²) in [5.74, 6) is 0.886. The van der Waals surface area contributed by atoms with Crippen LogP contribution in [0.1, 0.15) is 19.3 Å². The lowest BCUT2D eigenvalue weighted by atomic mass is 10.1. The van der Waals surface area contributed by atoms with Crippen molar-refractivity contribution in [1.82, 2.24) is 10.2 Å². The third-order valence-electron chi connectivity index (χ3n) is 4.31. The lowest BCUT2D eigenvalue weighted by Gasteiger charge is -2.30. The van der Waals surface area contributed by atoms with Gasteiger partial charge in [-0.3, -0.25) is 5.10 Å². The standard InChI is InChI=1S/C13H16N4/c14-11-4-9-6-15-16-12(9)5-13(11)17-7-8-1-2-10(17)3-8/h4-6,8,10H,1-3,7,14H2,(H,15,16). The lowest BCUT2D eigenvalue weighted by molar-refractivity contribution is 0.554. The molecule has 17 heavy (non-hydrogen) atoms. The van der Waals surface area contributed by atoms with E-state index in [1.165, 1.54) is 31.5 Å². The molecule has 1 aromatic heterocycles. The number of hydrogen-bond acceptors (Lipinski definition) is 3. The van der Waals surface area contributed by atoms with E-state index in [-0.39, 0.29) is 0 Å². The minimum atomic E-state index is 0.711. The van der Waals surface area contributed by atoms with Crippen molar-refractivity contribution in [2.75, 3.05) is 17.2 Å². The first-order valence-corrected chi connectivity index (χ1v) is 6.30. The van der Waals surface area contributed by atoms with Gasteiger partial charge in [0, 0.05) is 18.0 Å². The largest absolute Gasteiger partial charge is 0.397 e. The van der Waals surface area contributed by atoms with E-state index in [9.17, 15) is 0 Å². The molecule has 1 saturated carbocycles. The van der Waals surface area contributed by atoms with Crippen molar-refractivity contribution in [3.05, 3.63) is 18.3 Å². The van der Waals surface area contributed by atoms with Gasteiger partial charge in [0.15, 0.2) is 0 Å². The molecule has 4 heteroatoms. The molecule has 0 amide bonds. The van der Waals surface area contributed by atoms with E-state index < -0.39 is 0 Å². The van der Waals surface area contributed by atoms with Gasteiger partial charge in [0.05, 0.1) is 23.1 Å². The highest BCUT2D eigenvalue weighted by Gasteiger charge is 2.38. The van der Waals surface area contributed by atoms with Crippen LogP contribution in [0.25, 0.3) is 10.9 Å². The number of rotatable bonds is 1. The Kier molecular flexibility index (Phi) is 1.73. The molecule has 1 saturated heterocycles. The van der Waals surface area contributed by atoms with Crippen LogP contribution in [0.4, 0.5) is 11.4 Å². The second-order valence-electron chi connectivity index (χ2n) is 5.35. The minimum Gasteiger partial charge on any atom is -0.397 e. The van der Waals surface area contributed by atoms with Crippen LogP contribution in [0, 0.1) is 5.92 Å². The summed E-state index contributed by atoms with van der Waals surface area (Å²) in [6.45, 7) is 1.18. The number of aromatic amines is 1. The van der Waals surface area contributed by atoms with Gasteiger partial charge in [-0.15, -0.1) is 0 Å². The molecule has 88 valence electrons. The second-order valence-corrected chi connectivity index (χ2v) is 5.35. The average Bonchev–Trinajstić information content (AvgIpc) is 3.02. The molecule has 0 spiro atoms. The van der Waals surface area contributed by atoms with Gasteiger partial charge in [0.25, 0.3) is 0 Å². The Balaban J connectivity index is 1.82. The van der Waals surface area contributed by atoms with Crippen molar-refractivity contribution in [3.8, 4) is 0 Å². The summed E-state index contributed by atoms with van der Waals surface area (Å²) in [4.78, 5) is 2.49. The third-order valence-corrected chi connectivity index (χ3v) is 4.31. The van der Waals surface area contributed by atoms with Crippen LogP contribution in [0.3, 0.4) is 0 Å².